The minimum absolute atomic E-state index is 0.166. The molecule has 9 nitrogen and oxygen atoms in total. The molecule has 4 aromatic carbocycles. The Kier molecular flexibility index (Phi) is 8.10. The predicted octanol–water partition coefficient (Wildman–Crippen LogP) is 5.00. The van der Waals surface area contributed by atoms with E-state index in [4.69, 9.17) is 14.6 Å². The molecule has 0 saturated carbocycles. The van der Waals surface area contributed by atoms with E-state index in [1.165, 1.54) is 0 Å². The third-order valence-corrected chi connectivity index (χ3v) is 7.96. The molecule has 0 unspecified atom stereocenters. The van der Waals surface area contributed by atoms with Crippen molar-refractivity contribution in [2.24, 2.45) is 7.05 Å². The standard InChI is InChI=1S/C34H32BN3O6/c1-21-31(29(37-38(21)2)20-44-24-17-15-23(16-18-24)35(41)42)28-12-6-11-26-27(33(34(39)40)36-32(26)28)13-7-19-43-30-14-5-9-22-8-3-4-10-25(22)30/h3-6,8-12,14-18,36,41-42H,7,13,19-20H2,1-2H3,(H,39,40). The molecule has 0 amide bonds. The second kappa shape index (κ2) is 12.3. The van der Waals surface area contributed by atoms with Gasteiger partial charge in [-0.3, -0.25) is 4.68 Å². The van der Waals surface area contributed by atoms with E-state index in [1.807, 2.05) is 74.6 Å². The van der Waals surface area contributed by atoms with Crippen LogP contribution in [0.4, 0.5) is 0 Å². The van der Waals surface area contributed by atoms with E-state index in [1.54, 1.807) is 28.9 Å². The first-order valence-electron chi connectivity index (χ1n) is 14.4. The quantitative estimate of drug-likeness (QED) is 0.124. The van der Waals surface area contributed by atoms with E-state index in [-0.39, 0.29) is 12.3 Å². The van der Waals surface area contributed by atoms with Crippen molar-refractivity contribution in [3.05, 3.63) is 108 Å². The van der Waals surface area contributed by atoms with Crippen LogP contribution in [0.15, 0.2) is 84.9 Å². The van der Waals surface area contributed by atoms with Crippen molar-refractivity contribution < 1.29 is 29.4 Å². The largest absolute Gasteiger partial charge is 0.493 e. The first-order chi connectivity index (χ1) is 21.3. The number of aromatic carboxylic acids is 1. The summed E-state index contributed by atoms with van der Waals surface area (Å²) in [6.45, 7) is 2.58. The number of carbonyl (C=O) groups is 1. The lowest BCUT2D eigenvalue weighted by atomic mass is 9.80. The maximum Gasteiger partial charge on any atom is 0.488 e. The van der Waals surface area contributed by atoms with Crippen molar-refractivity contribution in [2.75, 3.05) is 6.61 Å². The summed E-state index contributed by atoms with van der Waals surface area (Å²) in [6.07, 6.45) is 1.16. The van der Waals surface area contributed by atoms with Gasteiger partial charge in [-0.1, -0.05) is 66.7 Å². The monoisotopic (exact) mass is 589 g/mol. The van der Waals surface area contributed by atoms with Crippen LogP contribution >= 0.6 is 0 Å². The minimum Gasteiger partial charge on any atom is -0.493 e. The van der Waals surface area contributed by atoms with Crippen LogP contribution in [0.3, 0.4) is 0 Å². The summed E-state index contributed by atoms with van der Waals surface area (Å²) in [7, 11) is 0.311. The number of para-hydroxylation sites is 1. The van der Waals surface area contributed by atoms with E-state index in [0.717, 1.165) is 49.8 Å². The van der Waals surface area contributed by atoms with Gasteiger partial charge in [0.1, 0.15) is 29.5 Å². The zero-order valence-corrected chi connectivity index (χ0v) is 24.4. The van der Waals surface area contributed by atoms with Crippen LogP contribution in [0.25, 0.3) is 32.8 Å². The third-order valence-electron chi connectivity index (χ3n) is 7.96. The molecule has 0 fully saturated rings. The maximum atomic E-state index is 12.4. The first-order valence-corrected chi connectivity index (χ1v) is 14.4. The van der Waals surface area contributed by atoms with Crippen molar-refractivity contribution in [1.82, 2.24) is 14.8 Å². The van der Waals surface area contributed by atoms with Gasteiger partial charge in [-0.2, -0.15) is 5.10 Å². The molecule has 0 radical (unpaired) electrons. The molecule has 0 atom stereocenters. The third kappa shape index (κ3) is 5.65. The molecule has 2 heterocycles. The van der Waals surface area contributed by atoms with E-state index in [0.29, 0.717) is 36.4 Å². The van der Waals surface area contributed by atoms with E-state index < -0.39 is 13.1 Å². The Bertz CT molecular complexity index is 1960. The topological polar surface area (TPSA) is 130 Å². The number of aryl methyl sites for hydroxylation is 2. The summed E-state index contributed by atoms with van der Waals surface area (Å²) in [5.74, 6) is 0.356. The van der Waals surface area contributed by atoms with Gasteiger partial charge in [0.05, 0.1) is 12.1 Å². The van der Waals surface area contributed by atoms with E-state index >= 15 is 0 Å². The number of aromatic amines is 1. The molecular weight excluding hydrogens is 557 g/mol. The first kappa shape index (κ1) is 29.0. The van der Waals surface area contributed by atoms with Crippen LogP contribution in [0.2, 0.25) is 0 Å². The van der Waals surface area contributed by atoms with Crippen LogP contribution in [-0.4, -0.2) is 49.6 Å². The number of hydrogen-bond acceptors (Lipinski definition) is 6. The highest BCUT2D eigenvalue weighted by Gasteiger charge is 2.23. The highest BCUT2D eigenvalue weighted by molar-refractivity contribution is 6.58. The molecule has 6 rings (SSSR count). The molecular formula is C34H32BN3O6. The molecule has 0 spiro atoms. The molecule has 0 saturated heterocycles. The van der Waals surface area contributed by atoms with Gasteiger partial charge in [-0.25, -0.2) is 4.79 Å². The Morgan fingerprint density at radius 2 is 1.66 bits per heavy atom. The van der Waals surface area contributed by atoms with Crippen molar-refractivity contribution in [2.45, 2.75) is 26.4 Å². The Morgan fingerprint density at radius 3 is 2.43 bits per heavy atom. The molecule has 4 N–H and O–H groups in total. The fourth-order valence-corrected chi connectivity index (χ4v) is 5.69. The normalized spacial score (nSPS) is 11.3. The number of rotatable bonds is 11. The summed E-state index contributed by atoms with van der Waals surface area (Å²) in [4.78, 5) is 15.6. The zero-order chi connectivity index (χ0) is 30.8. The van der Waals surface area contributed by atoms with Gasteiger partial charge in [0.2, 0.25) is 0 Å². The Labute approximate surface area is 254 Å². The highest BCUT2D eigenvalue weighted by atomic mass is 16.5. The Balaban J connectivity index is 1.26. The lowest BCUT2D eigenvalue weighted by molar-refractivity contribution is 0.0690. The maximum absolute atomic E-state index is 12.4. The summed E-state index contributed by atoms with van der Waals surface area (Å²) in [6, 6.07) is 26.4. The van der Waals surface area contributed by atoms with Gasteiger partial charge >= 0.3 is 13.1 Å². The minimum atomic E-state index is -1.55. The molecule has 10 heteroatoms. The summed E-state index contributed by atoms with van der Waals surface area (Å²) >= 11 is 0. The summed E-state index contributed by atoms with van der Waals surface area (Å²) in [5, 5.41) is 36.5. The fourth-order valence-electron chi connectivity index (χ4n) is 5.69. The number of benzene rings is 4. The average Bonchev–Trinajstić information content (AvgIpc) is 3.55. The number of H-pyrrole nitrogens is 1. The van der Waals surface area contributed by atoms with Crippen molar-refractivity contribution >= 4 is 40.2 Å². The van der Waals surface area contributed by atoms with Gasteiger partial charge in [0.15, 0.2) is 0 Å². The number of hydrogen-bond donors (Lipinski definition) is 4. The molecule has 0 aliphatic heterocycles. The van der Waals surface area contributed by atoms with Crippen LogP contribution in [0.5, 0.6) is 11.5 Å². The zero-order valence-electron chi connectivity index (χ0n) is 24.4. The molecule has 44 heavy (non-hydrogen) atoms. The van der Waals surface area contributed by atoms with Crippen LogP contribution in [-0.2, 0) is 20.1 Å². The van der Waals surface area contributed by atoms with Crippen LogP contribution in [0.1, 0.15) is 33.9 Å². The van der Waals surface area contributed by atoms with Gasteiger partial charge in [0, 0.05) is 34.6 Å². The van der Waals surface area contributed by atoms with E-state index in [9.17, 15) is 19.9 Å². The van der Waals surface area contributed by atoms with Gasteiger partial charge in [0.25, 0.3) is 0 Å². The molecule has 0 aliphatic carbocycles. The number of carboxylic acids is 1. The lowest BCUT2D eigenvalue weighted by Crippen LogP contribution is -2.29. The second-order valence-electron chi connectivity index (χ2n) is 10.7. The summed E-state index contributed by atoms with van der Waals surface area (Å²) < 4.78 is 13.9. The van der Waals surface area contributed by atoms with Crippen molar-refractivity contribution in [3.8, 4) is 22.6 Å². The predicted molar refractivity (Wildman–Crippen MR) is 171 cm³/mol. The van der Waals surface area contributed by atoms with Gasteiger partial charge in [-0.15, -0.1) is 0 Å². The highest BCUT2D eigenvalue weighted by Crippen LogP contribution is 2.36. The van der Waals surface area contributed by atoms with Gasteiger partial charge < -0.3 is 29.6 Å². The fraction of sp³-hybridized carbons (Fsp3) is 0.176. The average molecular weight is 589 g/mol. The van der Waals surface area contributed by atoms with Crippen molar-refractivity contribution in [3.63, 3.8) is 0 Å². The lowest BCUT2D eigenvalue weighted by Gasteiger charge is -2.10. The van der Waals surface area contributed by atoms with Crippen molar-refractivity contribution in [1.29, 1.82) is 0 Å². The molecule has 0 aliphatic rings. The number of nitrogens with one attached hydrogen (secondary N) is 1. The number of aromatic nitrogens is 3. The molecule has 6 aromatic rings. The molecule has 0 bridgehead atoms. The molecule has 2 aromatic heterocycles. The van der Waals surface area contributed by atoms with Gasteiger partial charge in [-0.05, 0) is 54.4 Å². The number of ether oxygens (including phenoxy) is 2. The van der Waals surface area contributed by atoms with E-state index in [2.05, 4.69) is 4.98 Å². The van der Waals surface area contributed by atoms with Crippen LogP contribution < -0.4 is 14.9 Å². The number of fused-ring (bicyclic) bond motifs is 2. The van der Waals surface area contributed by atoms with Crippen LogP contribution in [0, 0.1) is 6.92 Å². The number of nitrogens with zero attached hydrogens (tertiary/aromatic N) is 2. The SMILES string of the molecule is Cc1c(-c2cccc3c(CCCOc4cccc5ccccc45)c(C(=O)O)[nH]c23)c(COc2ccc(B(O)O)cc2)nn1C. The summed E-state index contributed by atoms with van der Waals surface area (Å²) in [5.41, 5.74) is 5.32. The number of carboxylic acid groups (broad SMARTS) is 1. The Morgan fingerprint density at radius 1 is 0.932 bits per heavy atom. The molecule has 222 valence electrons. The second-order valence-corrected chi connectivity index (χ2v) is 10.7. The Hall–Kier alpha value is -5.06. The smallest absolute Gasteiger partial charge is 0.488 e.